The summed E-state index contributed by atoms with van der Waals surface area (Å²) in [6.45, 7) is 0.356. The van der Waals surface area contributed by atoms with Crippen LogP contribution in [0.25, 0.3) is 0 Å². The van der Waals surface area contributed by atoms with E-state index < -0.39 is 5.51 Å². The Morgan fingerprint density at radius 1 is 1.19 bits per heavy atom. The fourth-order valence-electron chi connectivity index (χ4n) is 1.85. The molecule has 96 valence electrons. The van der Waals surface area contributed by atoms with E-state index in [-0.39, 0.29) is 36.8 Å². The van der Waals surface area contributed by atoms with Gasteiger partial charge in [-0.2, -0.15) is 13.2 Å². The summed E-state index contributed by atoms with van der Waals surface area (Å²) in [6, 6.07) is 0. The van der Waals surface area contributed by atoms with Crippen LogP contribution in [0.4, 0.5) is 13.2 Å². The SMILES string of the molecule is OCC1CCC(OCCSC(F)(F)F)CC1. The topological polar surface area (TPSA) is 29.5 Å². The van der Waals surface area contributed by atoms with Crippen LogP contribution in [0.5, 0.6) is 0 Å². The van der Waals surface area contributed by atoms with Crippen molar-refractivity contribution >= 4 is 11.8 Å². The summed E-state index contributed by atoms with van der Waals surface area (Å²) < 4.78 is 40.8. The van der Waals surface area contributed by atoms with Crippen LogP contribution in [-0.2, 0) is 4.74 Å². The van der Waals surface area contributed by atoms with E-state index >= 15 is 0 Å². The minimum atomic E-state index is -4.15. The average molecular weight is 258 g/mol. The highest BCUT2D eigenvalue weighted by atomic mass is 32.2. The summed E-state index contributed by atoms with van der Waals surface area (Å²) in [5.74, 6) is 0.313. The van der Waals surface area contributed by atoms with Crippen LogP contribution < -0.4 is 0 Å². The molecule has 2 nitrogen and oxygen atoms in total. The van der Waals surface area contributed by atoms with Gasteiger partial charge in [0.1, 0.15) is 0 Å². The number of thioether (sulfide) groups is 1. The molecule has 16 heavy (non-hydrogen) atoms. The second-order valence-corrected chi connectivity index (χ2v) is 5.15. The molecule has 1 aliphatic rings. The smallest absolute Gasteiger partial charge is 0.396 e. The van der Waals surface area contributed by atoms with Crippen LogP contribution in [0, 0.1) is 5.92 Å². The summed E-state index contributed by atoms with van der Waals surface area (Å²) in [4.78, 5) is 0. The number of hydrogen-bond acceptors (Lipinski definition) is 3. The normalized spacial score (nSPS) is 27.0. The van der Waals surface area contributed by atoms with Gasteiger partial charge in [0, 0.05) is 12.4 Å². The summed E-state index contributed by atoms with van der Waals surface area (Å²) in [5.41, 5.74) is -4.15. The highest BCUT2D eigenvalue weighted by Gasteiger charge is 2.28. The standard InChI is InChI=1S/C10H17F3O2S/c11-10(12,13)16-6-5-15-9-3-1-8(7-14)2-4-9/h8-9,14H,1-7H2. The lowest BCUT2D eigenvalue weighted by Gasteiger charge is -2.27. The summed E-state index contributed by atoms with van der Waals surface area (Å²) in [5, 5.41) is 8.91. The van der Waals surface area contributed by atoms with E-state index in [1.165, 1.54) is 0 Å². The monoisotopic (exact) mass is 258 g/mol. The highest BCUT2D eigenvalue weighted by Crippen LogP contribution is 2.30. The second-order valence-electron chi connectivity index (χ2n) is 3.99. The van der Waals surface area contributed by atoms with Gasteiger partial charge in [-0.1, -0.05) is 0 Å². The number of aliphatic hydroxyl groups is 1. The fraction of sp³-hybridized carbons (Fsp3) is 1.00. The molecule has 0 heterocycles. The van der Waals surface area contributed by atoms with Crippen molar-refractivity contribution in [1.82, 2.24) is 0 Å². The van der Waals surface area contributed by atoms with E-state index in [1.54, 1.807) is 0 Å². The first kappa shape index (κ1) is 14.1. The zero-order valence-electron chi connectivity index (χ0n) is 9.00. The zero-order chi connectivity index (χ0) is 12.0. The molecule has 1 rings (SSSR count). The fourth-order valence-corrected chi connectivity index (χ4v) is 2.26. The first-order valence-electron chi connectivity index (χ1n) is 5.44. The number of ether oxygens (including phenoxy) is 1. The summed E-state index contributed by atoms with van der Waals surface area (Å²) in [6.07, 6.45) is 3.60. The molecule has 0 saturated heterocycles. The first-order valence-corrected chi connectivity index (χ1v) is 6.43. The van der Waals surface area contributed by atoms with E-state index in [0.717, 1.165) is 25.7 Å². The van der Waals surface area contributed by atoms with Crippen LogP contribution in [-0.4, -0.2) is 35.7 Å². The molecule has 0 aromatic heterocycles. The molecule has 0 unspecified atom stereocenters. The lowest BCUT2D eigenvalue weighted by molar-refractivity contribution is -0.0339. The summed E-state index contributed by atoms with van der Waals surface area (Å²) in [7, 11) is 0. The molecular formula is C10H17F3O2S. The number of rotatable bonds is 5. The highest BCUT2D eigenvalue weighted by molar-refractivity contribution is 8.00. The molecule has 0 radical (unpaired) electrons. The van der Waals surface area contributed by atoms with Crippen molar-refractivity contribution in [2.45, 2.75) is 37.3 Å². The van der Waals surface area contributed by atoms with Gasteiger partial charge in [0.25, 0.3) is 0 Å². The molecule has 1 N–H and O–H groups in total. The molecular weight excluding hydrogens is 241 g/mol. The van der Waals surface area contributed by atoms with Gasteiger partial charge < -0.3 is 9.84 Å². The Hall–Kier alpha value is 0.0600. The van der Waals surface area contributed by atoms with Crippen molar-refractivity contribution in [2.75, 3.05) is 19.0 Å². The molecule has 0 aromatic carbocycles. The van der Waals surface area contributed by atoms with E-state index in [4.69, 9.17) is 9.84 Å². The van der Waals surface area contributed by atoms with E-state index in [1.807, 2.05) is 0 Å². The summed E-state index contributed by atoms with van der Waals surface area (Å²) >= 11 is -0.0378. The number of hydrogen-bond donors (Lipinski definition) is 1. The lowest BCUT2D eigenvalue weighted by atomic mass is 9.88. The predicted molar refractivity (Wildman–Crippen MR) is 57.3 cm³/mol. The third-order valence-corrected chi connectivity index (χ3v) is 3.45. The third kappa shape index (κ3) is 5.96. The van der Waals surface area contributed by atoms with Gasteiger partial charge in [0.2, 0.25) is 0 Å². The van der Waals surface area contributed by atoms with Crippen molar-refractivity contribution in [3.63, 3.8) is 0 Å². The van der Waals surface area contributed by atoms with Gasteiger partial charge in [-0.05, 0) is 43.4 Å². The first-order chi connectivity index (χ1) is 7.51. The quantitative estimate of drug-likeness (QED) is 0.769. The lowest BCUT2D eigenvalue weighted by Crippen LogP contribution is -2.24. The van der Waals surface area contributed by atoms with Gasteiger partial charge in [-0.25, -0.2) is 0 Å². The van der Waals surface area contributed by atoms with Gasteiger partial charge in [0.05, 0.1) is 12.7 Å². The van der Waals surface area contributed by atoms with Crippen molar-refractivity contribution in [1.29, 1.82) is 0 Å². The molecule has 0 aromatic rings. The van der Waals surface area contributed by atoms with Crippen LogP contribution in [0.15, 0.2) is 0 Å². The van der Waals surface area contributed by atoms with Crippen LogP contribution in [0.2, 0.25) is 0 Å². The predicted octanol–water partition coefficient (Wildman–Crippen LogP) is 2.81. The largest absolute Gasteiger partial charge is 0.441 e. The van der Waals surface area contributed by atoms with Crippen molar-refractivity contribution in [3.8, 4) is 0 Å². The van der Waals surface area contributed by atoms with Gasteiger partial charge in [0.15, 0.2) is 0 Å². The van der Waals surface area contributed by atoms with Crippen molar-refractivity contribution in [2.24, 2.45) is 5.92 Å². The van der Waals surface area contributed by atoms with E-state index in [2.05, 4.69) is 0 Å². The molecule has 0 aliphatic heterocycles. The maximum Gasteiger partial charge on any atom is 0.441 e. The molecule has 0 bridgehead atoms. The van der Waals surface area contributed by atoms with Crippen LogP contribution in [0.3, 0.4) is 0 Å². The van der Waals surface area contributed by atoms with Crippen LogP contribution in [0.1, 0.15) is 25.7 Å². The Morgan fingerprint density at radius 2 is 1.81 bits per heavy atom. The van der Waals surface area contributed by atoms with Crippen LogP contribution >= 0.6 is 11.8 Å². The van der Waals surface area contributed by atoms with E-state index in [9.17, 15) is 13.2 Å². The van der Waals surface area contributed by atoms with E-state index in [0.29, 0.717) is 5.92 Å². The maximum absolute atomic E-state index is 11.8. The Balaban J connectivity index is 2.02. The average Bonchev–Trinajstić information content (AvgIpc) is 2.24. The molecule has 0 atom stereocenters. The molecule has 0 spiro atoms. The number of alkyl halides is 3. The Bertz CT molecular complexity index is 191. The number of aliphatic hydroxyl groups excluding tert-OH is 1. The molecule has 1 aliphatic carbocycles. The van der Waals surface area contributed by atoms with Crippen molar-refractivity contribution in [3.05, 3.63) is 0 Å². The second kappa shape index (κ2) is 6.71. The minimum Gasteiger partial charge on any atom is -0.396 e. The minimum absolute atomic E-state index is 0.0378. The zero-order valence-corrected chi connectivity index (χ0v) is 9.82. The molecule has 1 fully saturated rings. The third-order valence-electron chi connectivity index (χ3n) is 2.75. The maximum atomic E-state index is 11.8. The Kier molecular flexibility index (Phi) is 5.92. The Morgan fingerprint density at radius 3 is 2.31 bits per heavy atom. The van der Waals surface area contributed by atoms with Gasteiger partial charge in [-0.3, -0.25) is 0 Å². The molecule has 0 amide bonds. The Labute approximate surface area is 97.5 Å². The number of halogens is 3. The molecule has 1 saturated carbocycles. The van der Waals surface area contributed by atoms with Gasteiger partial charge in [-0.15, -0.1) is 0 Å². The molecule has 6 heteroatoms. The van der Waals surface area contributed by atoms with Crippen molar-refractivity contribution < 1.29 is 23.0 Å². The van der Waals surface area contributed by atoms with Gasteiger partial charge >= 0.3 is 5.51 Å².